The first kappa shape index (κ1) is 17.2. The summed E-state index contributed by atoms with van der Waals surface area (Å²) in [5.74, 6) is 1.40. The maximum absolute atomic E-state index is 12.3. The quantitative estimate of drug-likeness (QED) is 0.771. The van der Waals surface area contributed by atoms with Gasteiger partial charge in [0, 0.05) is 17.6 Å². The van der Waals surface area contributed by atoms with Crippen LogP contribution in [0.5, 0.6) is 11.5 Å². The molecule has 122 valence electrons. The monoisotopic (exact) mass is 333 g/mol. The van der Waals surface area contributed by atoms with Crippen molar-refractivity contribution in [3.63, 3.8) is 0 Å². The van der Waals surface area contributed by atoms with Crippen LogP contribution in [0.15, 0.2) is 48.5 Å². The van der Waals surface area contributed by atoms with Crippen molar-refractivity contribution in [1.82, 2.24) is 4.90 Å². The summed E-state index contributed by atoms with van der Waals surface area (Å²) in [7, 11) is 1.75. The number of amides is 1. The predicted molar refractivity (Wildman–Crippen MR) is 91.5 cm³/mol. The third kappa shape index (κ3) is 5.18. The Kier molecular flexibility index (Phi) is 6.29. The van der Waals surface area contributed by atoms with E-state index in [0.29, 0.717) is 36.1 Å². The van der Waals surface area contributed by atoms with E-state index < -0.39 is 0 Å². The summed E-state index contributed by atoms with van der Waals surface area (Å²) in [5.41, 5.74) is 0.624. The van der Waals surface area contributed by atoms with Gasteiger partial charge in [-0.15, -0.1) is 0 Å². The number of likely N-dealkylation sites (N-methyl/N-ethyl adjacent to an activating group) is 1. The van der Waals surface area contributed by atoms with Crippen LogP contribution in [0.2, 0.25) is 5.02 Å². The van der Waals surface area contributed by atoms with Gasteiger partial charge in [-0.05, 0) is 49.4 Å². The zero-order valence-electron chi connectivity index (χ0n) is 13.3. The largest absolute Gasteiger partial charge is 0.494 e. The molecule has 2 aromatic rings. The molecule has 0 aromatic heterocycles. The fraction of sp³-hybridized carbons (Fsp3) is 0.278. The predicted octanol–water partition coefficient (Wildman–Crippen LogP) is 3.89. The van der Waals surface area contributed by atoms with E-state index in [2.05, 4.69) is 0 Å². The van der Waals surface area contributed by atoms with Crippen molar-refractivity contribution in [2.75, 3.05) is 26.8 Å². The first-order chi connectivity index (χ1) is 11.1. The van der Waals surface area contributed by atoms with Crippen molar-refractivity contribution in [1.29, 1.82) is 0 Å². The van der Waals surface area contributed by atoms with Gasteiger partial charge in [0.1, 0.15) is 18.1 Å². The zero-order chi connectivity index (χ0) is 16.7. The Balaban J connectivity index is 1.84. The topological polar surface area (TPSA) is 38.8 Å². The lowest BCUT2D eigenvalue weighted by atomic mass is 10.2. The first-order valence-corrected chi connectivity index (χ1v) is 7.84. The molecule has 4 nitrogen and oxygen atoms in total. The number of halogens is 1. The van der Waals surface area contributed by atoms with Crippen LogP contribution in [0, 0.1) is 0 Å². The van der Waals surface area contributed by atoms with Gasteiger partial charge in [-0.3, -0.25) is 4.79 Å². The highest BCUT2D eigenvalue weighted by Crippen LogP contribution is 2.17. The molecule has 2 rings (SSSR count). The van der Waals surface area contributed by atoms with E-state index in [4.69, 9.17) is 21.1 Å². The summed E-state index contributed by atoms with van der Waals surface area (Å²) in [6.07, 6.45) is 0. The van der Waals surface area contributed by atoms with Gasteiger partial charge in [0.05, 0.1) is 13.2 Å². The molecule has 0 heterocycles. The van der Waals surface area contributed by atoms with Crippen LogP contribution in [-0.2, 0) is 0 Å². The minimum Gasteiger partial charge on any atom is -0.494 e. The van der Waals surface area contributed by atoms with Gasteiger partial charge in [0.25, 0.3) is 5.91 Å². The molecule has 2 aromatic carbocycles. The number of carbonyl (C=O) groups is 1. The van der Waals surface area contributed by atoms with Crippen molar-refractivity contribution < 1.29 is 14.3 Å². The average Bonchev–Trinajstić information content (AvgIpc) is 2.55. The third-order valence-electron chi connectivity index (χ3n) is 3.25. The minimum atomic E-state index is -0.0530. The maximum atomic E-state index is 12.3. The summed E-state index contributed by atoms with van der Waals surface area (Å²) < 4.78 is 11.0. The van der Waals surface area contributed by atoms with Crippen LogP contribution in [0.25, 0.3) is 0 Å². The molecule has 1 amide bonds. The van der Waals surface area contributed by atoms with Crippen LogP contribution in [0.3, 0.4) is 0 Å². The SMILES string of the molecule is CCOc1ccc(C(=O)N(C)CCOc2cccc(Cl)c2)cc1. The number of hydrogen-bond donors (Lipinski definition) is 0. The van der Waals surface area contributed by atoms with Crippen molar-refractivity contribution in [3.8, 4) is 11.5 Å². The van der Waals surface area contributed by atoms with Gasteiger partial charge in [-0.2, -0.15) is 0 Å². The molecule has 0 aliphatic heterocycles. The fourth-order valence-corrected chi connectivity index (χ4v) is 2.22. The lowest BCUT2D eigenvalue weighted by Gasteiger charge is -2.18. The second-order valence-corrected chi connectivity index (χ2v) is 5.43. The minimum absolute atomic E-state index is 0.0530. The molecule has 0 saturated carbocycles. The van der Waals surface area contributed by atoms with E-state index in [1.807, 2.05) is 19.1 Å². The lowest BCUT2D eigenvalue weighted by Crippen LogP contribution is -2.30. The molecular weight excluding hydrogens is 314 g/mol. The Morgan fingerprint density at radius 1 is 1.09 bits per heavy atom. The number of ether oxygens (including phenoxy) is 2. The molecule has 0 unspecified atom stereocenters. The third-order valence-corrected chi connectivity index (χ3v) is 3.49. The Hall–Kier alpha value is -2.20. The fourth-order valence-electron chi connectivity index (χ4n) is 2.04. The number of nitrogens with zero attached hydrogens (tertiary/aromatic N) is 1. The summed E-state index contributed by atoms with van der Waals surface area (Å²) in [4.78, 5) is 13.9. The standard InChI is InChI=1S/C18H20ClNO3/c1-3-22-16-9-7-14(8-10-16)18(21)20(2)11-12-23-17-6-4-5-15(19)13-17/h4-10,13H,3,11-12H2,1-2H3. The Morgan fingerprint density at radius 2 is 1.83 bits per heavy atom. The highest BCUT2D eigenvalue weighted by atomic mass is 35.5. The highest BCUT2D eigenvalue weighted by molar-refractivity contribution is 6.30. The van der Waals surface area contributed by atoms with Crippen molar-refractivity contribution in [2.24, 2.45) is 0 Å². The number of benzene rings is 2. The van der Waals surface area contributed by atoms with Crippen LogP contribution < -0.4 is 9.47 Å². The van der Waals surface area contributed by atoms with E-state index in [1.165, 1.54) is 0 Å². The van der Waals surface area contributed by atoms with Gasteiger partial charge in [-0.1, -0.05) is 17.7 Å². The molecule has 0 aliphatic rings. The van der Waals surface area contributed by atoms with E-state index in [9.17, 15) is 4.79 Å². The smallest absolute Gasteiger partial charge is 0.253 e. The molecular formula is C18H20ClNO3. The van der Waals surface area contributed by atoms with Gasteiger partial charge in [-0.25, -0.2) is 0 Å². The first-order valence-electron chi connectivity index (χ1n) is 7.47. The van der Waals surface area contributed by atoms with Crippen LogP contribution in [-0.4, -0.2) is 37.6 Å². The van der Waals surface area contributed by atoms with E-state index in [-0.39, 0.29) is 5.91 Å². The second kappa shape index (κ2) is 8.44. The van der Waals surface area contributed by atoms with Gasteiger partial charge in [0.2, 0.25) is 0 Å². The second-order valence-electron chi connectivity index (χ2n) is 4.99. The highest BCUT2D eigenvalue weighted by Gasteiger charge is 2.11. The normalized spacial score (nSPS) is 10.2. The molecule has 0 spiro atoms. The summed E-state index contributed by atoms with van der Waals surface area (Å²) in [5, 5.41) is 0.626. The molecule has 0 saturated heterocycles. The van der Waals surface area contributed by atoms with Crippen molar-refractivity contribution in [3.05, 3.63) is 59.1 Å². The number of hydrogen-bond acceptors (Lipinski definition) is 3. The van der Waals surface area contributed by atoms with Gasteiger partial charge < -0.3 is 14.4 Å². The summed E-state index contributed by atoms with van der Waals surface area (Å²) in [6, 6.07) is 14.3. The number of rotatable bonds is 7. The van der Waals surface area contributed by atoms with Crippen LogP contribution in [0.4, 0.5) is 0 Å². The Morgan fingerprint density at radius 3 is 2.48 bits per heavy atom. The molecule has 23 heavy (non-hydrogen) atoms. The summed E-state index contributed by atoms with van der Waals surface area (Å²) >= 11 is 5.90. The molecule has 0 atom stereocenters. The Labute approximate surface area is 141 Å². The number of carbonyl (C=O) groups excluding carboxylic acids is 1. The van der Waals surface area contributed by atoms with Crippen LogP contribution in [0.1, 0.15) is 17.3 Å². The Bertz CT molecular complexity index is 643. The molecule has 5 heteroatoms. The molecule has 0 aliphatic carbocycles. The summed E-state index contributed by atoms with van der Waals surface area (Å²) in [6.45, 7) is 3.42. The average molecular weight is 334 g/mol. The molecule has 0 N–H and O–H groups in total. The van der Waals surface area contributed by atoms with Crippen molar-refractivity contribution >= 4 is 17.5 Å². The van der Waals surface area contributed by atoms with Crippen LogP contribution >= 0.6 is 11.6 Å². The lowest BCUT2D eigenvalue weighted by molar-refractivity contribution is 0.0773. The van der Waals surface area contributed by atoms with E-state index in [0.717, 1.165) is 5.75 Å². The van der Waals surface area contributed by atoms with E-state index >= 15 is 0 Å². The molecule has 0 fully saturated rings. The molecule has 0 bridgehead atoms. The molecule has 0 radical (unpaired) electrons. The van der Waals surface area contributed by atoms with E-state index in [1.54, 1.807) is 48.3 Å². The van der Waals surface area contributed by atoms with Crippen molar-refractivity contribution in [2.45, 2.75) is 6.92 Å². The van der Waals surface area contributed by atoms with Gasteiger partial charge in [0.15, 0.2) is 0 Å². The maximum Gasteiger partial charge on any atom is 0.253 e. The zero-order valence-corrected chi connectivity index (χ0v) is 14.0. The van der Waals surface area contributed by atoms with Gasteiger partial charge >= 0.3 is 0 Å².